The summed E-state index contributed by atoms with van der Waals surface area (Å²) in [5, 5.41) is 4.90. The molecule has 13 heteroatoms. The van der Waals surface area contributed by atoms with Crippen LogP contribution in [0, 0.1) is 5.92 Å². The van der Waals surface area contributed by atoms with Crippen LogP contribution in [-0.2, 0) is 24.3 Å². The van der Waals surface area contributed by atoms with E-state index in [4.69, 9.17) is 11.6 Å². The van der Waals surface area contributed by atoms with Crippen LogP contribution in [0.2, 0.25) is 5.02 Å². The number of fused-ring (bicyclic) bond motifs is 1. The fourth-order valence-corrected chi connectivity index (χ4v) is 5.94. The van der Waals surface area contributed by atoms with Crippen LogP contribution in [0.1, 0.15) is 12.8 Å². The molecule has 2 aliphatic rings. The number of piperidine rings is 1. The summed E-state index contributed by atoms with van der Waals surface area (Å²) >= 11 is 5.97. The molecular formula is C22H23ClF3N3O5S. The van der Waals surface area contributed by atoms with Crippen LogP contribution in [0.5, 0.6) is 0 Å². The molecule has 1 unspecified atom stereocenters. The molecule has 0 saturated carbocycles. The molecule has 0 radical (unpaired) electrons. The first-order valence-corrected chi connectivity index (χ1v) is 12.8. The molecular weight excluding hydrogens is 511 g/mol. The van der Waals surface area contributed by atoms with Gasteiger partial charge in [0.1, 0.15) is 0 Å². The van der Waals surface area contributed by atoms with Gasteiger partial charge in [0.05, 0.1) is 11.4 Å². The van der Waals surface area contributed by atoms with E-state index < -0.39 is 46.8 Å². The highest BCUT2D eigenvalue weighted by Crippen LogP contribution is 2.28. The molecule has 4 rings (SSSR count). The Bertz CT molecular complexity index is 1230. The molecule has 2 aromatic rings. The van der Waals surface area contributed by atoms with Crippen LogP contribution in [-0.4, -0.2) is 74.6 Å². The van der Waals surface area contributed by atoms with Gasteiger partial charge in [-0.25, -0.2) is 13.2 Å². The molecule has 1 atom stereocenters. The number of benzene rings is 2. The zero-order valence-electron chi connectivity index (χ0n) is 18.4. The van der Waals surface area contributed by atoms with E-state index in [9.17, 15) is 31.2 Å². The quantitative estimate of drug-likeness (QED) is 0.607. The normalized spacial score (nSPS) is 20.7. The van der Waals surface area contributed by atoms with E-state index in [1.54, 1.807) is 24.3 Å². The third-order valence-electron chi connectivity index (χ3n) is 6.16. The van der Waals surface area contributed by atoms with Gasteiger partial charge < -0.3 is 15.0 Å². The van der Waals surface area contributed by atoms with Crippen molar-refractivity contribution in [1.82, 2.24) is 14.5 Å². The molecule has 2 aliphatic heterocycles. The zero-order valence-corrected chi connectivity index (χ0v) is 20.0. The van der Waals surface area contributed by atoms with Gasteiger partial charge in [0.15, 0.2) is 6.23 Å². The van der Waals surface area contributed by atoms with E-state index in [2.05, 4.69) is 10.1 Å². The van der Waals surface area contributed by atoms with Gasteiger partial charge in [0.2, 0.25) is 15.9 Å². The van der Waals surface area contributed by atoms with Crippen molar-refractivity contribution in [2.75, 3.05) is 32.7 Å². The molecule has 35 heavy (non-hydrogen) atoms. The van der Waals surface area contributed by atoms with Crippen LogP contribution < -0.4 is 5.32 Å². The molecule has 0 spiro atoms. The predicted octanol–water partition coefficient (Wildman–Crippen LogP) is 2.76. The Hall–Kier alpha value is -2.41. The van der Waals surface area contributed by atoms with Crippen molar-refractivity contribution < 1.29 is 35.9 Å². The number of halogens is 4. The van der Waals surface area contributed by atoms with Crippen molar-refractivity contribution in [3.63, 3.8) is 0 Å². The number of hydrogen-bond acceptors (Lipinski definition) is 6. The summed E-state index contributed by atoms with van der Waals surface area (Å²) < 4.78 is 71.0. The average Bonchev–Trinajstić information content (AvgIpc) is 2.83. The monoisotopic (exact) mass is 533 g/mol. The molecule has 2 heterocycles. The van der Waals surface area contributed by atoms with Gasteiger partial charge in [0.25, 0.3) is 0 Å². The highest BCUT2D eigenvalue weighted by molar-refractivity contribution is 7.89. The van der Waals surface area contributed by atoms with Gasteiger partial charge in [-0.2, -0.15) is 17.5 Å². The molecule has 2 saturated heterocycles. The molecule has 1 N–H and O–H groups in total. The fourth-order valence-electron chi connectivity index (χ4n) is 4.30. The summed E-state index contributed by atoms with van der Waals surface area (Å²) in [6.07, 6.45) is -6.02. The number of rotatable bonds is 4. The third kappa shape index (κ3) is 5.55. The van der Waals surface area contributed by atoms with E-state index in [1.807, 2.05) is 0 Å². The summed E-state index contributed by atoms with van der Waals surface area (Å²) in [5.74, 6) is -3.38. The van der Waals surface area contributed by atoms with Crippen molar-refractivity contribution in [3.05, 3.63) is 41.4 Å². The number of hydrogen-bond donors (Lipinski definition) is 1. The Kier molecular flexibility index (Phi) is 7.28. The Morgan fingerprint density at radius 1 is 1.03 bits per heavy atom. The van der Waals surface area contributed by atoms with E-state index in [0.717, 1.165) is 9.21 Å². The Morgan fingerprint density at radius 3 is 2.37 bits per heavy atom. The highest BCUT2D eigenvalue weighted by atomic mass is 35.5. The van der Waals surface area contributed by atoms with Gasteiger partial charge in [-0.15, -0.1) is 0 Å². The summed E-state index contributed by atoms with van der Waals surface area (Å²) in [5.41, 5.74) is 0. The number of nitrogens with zero attached hydrogens (tertiary/aromatic N) is 2. The number of amides is 1. The summed E-state index contributed by atoms with van der Waals surface area (Å²) in [7, 11) is -4.16. The number of piperazine rings is 1. The topological polar surface area (TPSA) is 96.0 Å². The minimum absolute atomic E-state index is 0.0775. The SMILES string of the molecule is O=C(C1CCNCC1)N1CCN(S(=O)(=O)c2ccc3cc(Cl)ccc3c2)CC1OC(=O)C(F)(F)F. The standard InChI is InChI=1S/C22H23ClF3N3O5S/c23-17-3-1-16-12-18(4-2-15(16)11-17)35(32,33)28-9-10-29(20(30)14-5-7-27-8-6-14)19(13-28)34-21(31)22(24,25)26/h1-4,11-12,14,19,27H,5-10,13H2. The van der Waals surface area contributed by atoms with E-state index >= 15 is 0 Å². The number of ether oxygens (including phenoxy) is 1. The molecule has 0 bridgehead atoms. The molecule has 0 aromatic heterocycles. The number of alkyl halides is 3. The van der Waals surface area contributed by atoms with Gasteiger partial charge in [0, 0.05) is 24.0 Å². The van der Waals surface area contributed by atoms with Gasteiger partial charge in [-0.05, 0) is 61.0 Å². The fraction of sp³-hybridized carbons (Fsp3) is 0.455. The Labute approximate surface area is 205 Å². The highest BCUT2D eigenvalue weighted by Gasteiger charge is 2.46. The summed E-state index contributed by atoms with van der Waals surface area (Å²) in [4.78, 5) is 25.6. The predicted molar refractivity (Wildman–Crippen MR) is 121 cm³/mol. The van der Waals surface area contributed by atoms with Crippen molar-refractivity contribution in [2.45, 2.75) is 30.1 Å². The number of sulfonamides is 1. The lowest BCUT2D eigenvalue weighted by atomic mass is 9.96. The van der Waals surface area contributed by atoms with E-state index in [1.165, 1.54) is 12.1 Å². The van der Waals surface area contributed by atoms with Crippen LogP contribution in [0.3, 0.4) is 0 Å². The zero-order chi connectivity index (χ0) is 25.4. The smallest absolute Gasteiger partial charge is 0.433 e. The summed E-state index contributed by atoms with van der Waals surface area (Å²) in [6.45, 7) is 0.175. The maximum atomic E-state index is 13.3. The van der Waals surface area contributed by atoms with Crippen LogP contribution in [0.4, 0.5) is 13.2 Å². The third-order valence-corrected chi connectivity index (χ3v) is 8.25. The van der Waals surface area contributed by atoms with Crippen molar-refractivity contribution in [2.24, 2.45) is 5.92 Å². The lowest BCUT2D eigenvalue weighted by molar-refractivity contribution is -0.216. The Balaban J connectivity index is 1.60. The first-order valence-electron chi connectivity index (χ1n) is 11.0. The number of esters is 1. The first-order chi connectivity index (χ1) is 16.5. The molecule has 2 aromatic carbocycles. The van der Waals surface area contributed by atoms with Crippen molar-refractivity contribution >= 4 is 44.3 Å². The maximum absolute atomic E-state index is 13.3. The molecule has 190 valence electrons. The second-order valence-corrected chi connectivity index (χ2v) is 10.8. The maximum Gasteiger partial charge on any atom is 0.491 e. The largest absolute Gasteiger partial charge is 0.491 e. The molecule has 2 fully saturated rings. The molecule has 8 nitrogen and oxygen atoms in total. The number of nitrogens with one attached hydrogen (secondary N) is 1. The van der Waals surface area contributed by atoms with Gasteiger partial charge >= 0.3 is 12.1 Å². The minimum Gasteiger partial charge on any atom is -0.433 e. The second-order valence-electron chi connectivity index (χ2n) is 8.43. The minimum atomic E-state index is -5.29. The van der Waals surface area contributed by atoms with Gasteiger partial charge in [-0.3, -0.25) is 4.79 Å². The van der Waals surface area contributed by atoms with Crippen LogP contribution >= 0.6 is 11.6 Å². The van der Waals surface area contributed by atoms with Crippen LogP contribution in [0.15, 0.2) is 41.3 Å². The molecule has 1 amide bonds. The van der Waals surface area contributed by atoms with Crippen molar-refractivity contribution in [3.8, 4) is 0 Å². The number of carbonyl (C=O) groups excluding carboxylic acids is 2. The number of carbonyl (C=O) groups is 2. The Morgan fingerprint density at radius 2 is 1.69 bits per heavy atom. The average molecular weight is 534 g/mol. The summed E-state index contributed by atoms with van der Waals surface area (Å²) in [6, 6.07) is 9.32. The van der Waals surface area contributed by atoms with Gasteiger partial charge in [-0.1, -0.05) is 23.7 Å². The second kappa shape index (κ2) is 9.92. The lowest BCUT2D eigenvalue weighted by Crippen LogP contribution is -2.60. The van der Waals surface area contributed by atoms with Crippen LogP contribution in [0.25, 0.3) is 10.8 Å². The lowest BCUT2D eigenvalue weighted by Gasteiger charge is -2.41. The van der Waals surface area contributed by atoms with E-state index in [0.29, 0.717) is 41.7 Å². The van der Waals surface area contributed by atoms with Crippen molar-refractivity contribution in [1.29, 1.82) is 0 Å². The first kappa shape index (κ1) is 25.7. The molecule has 0 aliphatic carbocycles. The van der Waals surface area contributed by atoms with E-state index in [-0.39, 0.29) is 18.0 Å².